The predicted octanol–water partition coefficient (Wildman–Crippen LogP) is 4.24. The van der Waals surface area contributed by atoms with E-state index in [1.807, 2.05) is 0 Å². The van der Waals surface area contributed by atoms with E-state index in [4.69, 9.17) is 4.74 Å². The fourth-order valence-corrected chi connectivity index (χ4v) is 3.23. The van der Waals surface area contributed by atoms with Crippen LogP contribution in [0.4, 0.5) is 16.0 Å². The van der Waals surface area contributed by atoms with Gasteiger partial charge in [0.1, 0.15) is 11.9 Å². The molecule has 0 aliphatic heterocycles. The van der Waals surface area contributed by atoms with Gasteiger partial charge in [0, 0.05) is 18.1 Å². The molecule has 0 saturated carbocycles. The number of pyridine rings is 1. The van der Waals surface area contributed by atoms with Crippen molar-refractivity contribution in [2.45, 2.75) is 6.54 Å². The van der Waals surface area contributed by atoms with E-state index in [9.17, 15) is 14.5 Å². The van der Waals surface area contributed by atoms with Crippen LogP contribution in [0.15, 0.2) is 54.3 Å². The van der Waals surface area contributed by atoms with Gasteiger partial charge in [0.05, 0.1) is 6.20 Å². The lowest BCUT2D eigenvalue weighted by Crippen LogP contribution is -2.04. The van der Waals surface area contributed by atoms with E-state index in [0.29, 0.717) is 16.3 Å². The summed E-state index contributed by atoms with van der Waals surface area (Å²) in [4.78, 5) is 19.4. The summed E-state index contributed by atoms with van der Waals surface area (Å²) in [6.07, 6.45) is 4.66. The number of nitrogens with one attached hydrogen (secondary N) is 1. The molecule has 0 bridgehead atoms. The third-order valence-corrected chi connectivity index (χ3v) is 4.48. The molecule has 1 N–H and O–H groups in total. The van der Waals surface area contributed by atoms with Crippen molar-refractivity contribution in [3.8, 4) is 11.5 Å². The third kappa shape index (κ3) is 3.42. The Balaban J connectivity index is 1.51. The van der Waals surface area contributed by atoms with Crippen LogP contribution in [0, 0.1) is 15.9 Å². The van der Waals surface area contributed by atoms with Gasteiger partial charge in [-0.3, -0.25) is 4.98 Å². The van der Waals surface area contributed by atoms with Crippen LogP contribution in [0.1, 0.15) is 5.56 Å². The maximum Gasteiger partial charge on any atom is 0.372 e. The summed E-state index contributed by atoms with van der Waals surface area (Å²) in [6.45, 7) is 0.176. The lowest BCUT2D eigenvalue weighted by atomic mass is 10.2. The number of hydrogen-bond donors (Lipinski definition) is 1. The van der Waals surface area contributed by atoms with Crippen molar-refractivity contribution in [1.29, 1.82) is 0 Å². The topological polar surface area (TPSA) is 94.6 Å². The maximum absolute atomic E-state index is 14.3. The minimum atomic E-state index is -0.543. The highest BCUT2D eigenvalue weighted by Gasteiger charge is 2.23. The van der Waals surface area contributed by atoms with E-state index < -0.39 is 10.7 Å². The Morgan fingerprint density at radius 2 is 2.26 bits per heavy atom. The molecule has 0 aliphatic rings. The predicted molar refractivity (Wildman–Crippen MR) is 97.8 cm³/mol. The number of aromatic nitrogens is 3. The molecule has 0 aliphatic carbocycles. The SMILES string of the molecule is O=[N+]([O-])c1c(NCc2ccc(Oc3cccnc3)c(F)c2)nc2sccn12. The van der Waals surface area contributed by atoms with E-state index >= 15 is 0 Å². The van der Waals surface area contributed by atoms with Crippen molar-refractivity contribution in [3.63, 3.8) is 0 Å². The fourth-order valence-electron chi connectivity index (χ4n) is 2.52. The van der Waals surface area contributed by atoms with E-state index in [1.165, 1.54) is 34.1 Å². The number of benzene rings is 1. The van der Waals surface area contributed by atoms with Gasteiger partial charge in [-0.2, -0.15) is 9.38 Å². The van der Waals surface area contributed by atoms with Crippen molar-refractivity contribution in [2.24, 2.45) is 0 Å². The van der Waals surface area contributed by atoms with Crippen molar-refractivity contribution in [3.05, 3.63) is 75.8 Å². The van der Waals surface area contributed by atoms with Gasteiger partial charge >= 0.3 is 5.82 Å². The smallest absolute Gasteiger partial charge is 0.372 e. The highest BCUT2D eigenvalue weighted by molar-refractivity contribution is 7.15. The number of anilines is 1. The molecule has 10 heteroatoms. The van der Waals surface area contributed by atoms with Crippen LogP contribution in [0.2, 0.25) is 0 Å². The van der Waals surface area contributed by atoms with E-state index in [2.05, 4.69) is 15.3 Å². The Bertz CT molecular complexity index is 1110. The Morgan fingerprint density at radius 1 is 1.37 bits per heavy atom. The van der Waals surface area contributed by atoms with Gasteiger partial charge in [0.25, 0.3) is 4.96 Å². The van der Waals surface area contributed by atoms with Gasteiger partial charge in [-0.05, 0) is 34.8 Å². The van der Waals surface area contributed by atoms with Crippen molar-refractivity contribution in [2.75, 3.05) is 5.32 Å². The molecule has 0 radical (unpaired) electrons. The molecule has 3 aromatic heterocycles. The highest BCUT2D eigenvalue weighted by atomic mass is 32.1. The van der Waals surface area contributed by atoms with Gasteiger partial charge in [0.2, 0.25) is 5.82 Å². The van der Waals surface area contributed by atoms with E-state index in [1.54, 1.807) is 36.0 Å². The summed E-state index contributed by atoms with van der Waals surface area (Å²) in [5.41, 5.74) is 0.594. The van der Waals surface area contributed by atoms with Crippen LogP contribution in [-0.2, 0) is 6.54 Å². The molecule has 3 heterocycles. The zero-order valence-corrected chi connectivity index (χ0v) is 14.5. The van der Waals surface area contributed by atoms with Crippen LogP contribution < -0.4 is 10.1 Å². The quantitative estimate of drug-likeness (QED) is 0.394. The number of hydrogen-bond acceptors (Lipinski definition) is 7. The largest absolute Gasteiger partial charge is 0.453 e. The molecule has 0 spiro atoms. The molecule has 1 aromatic carbocycles. The van der Waals surface area contributed by atoms with Crippen LogP contribution in [-0.4, -0.2) is 19.3 Å². The van der Waals surface area contributed by atoms with Gasteiger partial charge in [-0.15, -0.1) is 0 Å². The first-order valence-corrected chi connectivity index (χ1v) is 8.70. The minimum absolute atomic E-state index is 0.0697. The number of nitrogens with zero attached hydrogens (tertiary/aromatic N) is 4. The van der Waals surface area contributed by atoms with Crippen molar-refractivity contribution in [1.82, 2.24) is 14.4 Å². The van der Waals surface area contributed by atoms with E-state index in [0.717, 1.165) is 0 Å². The lowest BCUT2D eigenvalue weighted by molar-refractivity contribution is -0.389. The molecule has 0 amide bonds. The van der Waals surface area contributed by atoms with E-state index in [-0.39, 0.29) is 23.9 Å². The molecular formula is C17H12FN5O3S. The maximum atomic E-state index is 14.3. The van der Waals surface area contributed by atoms with Crippen LogP contribution in [0.3, 0.4) is 0 Å². The number of rotatable bonds is 6. The molecular weight excluding hydrogens is 373 g/mol. The van der Waals surface area contributed by atoms with Gasteiger partial charge in [-0.1, -0.05) is 17.4 Å². The summed E-state index contributed by atoms with van der Waals surface area (Å²) < 4.78 is 21.1. The first-order chi connectivity index (χ1) is 13.1. The molecule has 27 heavy (non-hydrogen) atoms. The van der Waals surface area contributed by atoms with Crippen molar-refractivity contribution >= 4 is 27.9 Å². The average Bonchev–Trinajstić information content (AvgIpc) is 3.23. The monoisotopic (exact) mass is 385 g/mol. The number of imidazole rings is 1. The number of thiazole rings is 1. The Kier molecular flexibility index (Phi) is 4.38. The molecule has 0 unspecified atom stereocenters. The molecule has 4 rings (SSSR count). The molecule has 0 saturated heterocycles. The molecule has 136 valence electrons. The first-order valence-electron chi connectivity index (χ1n) is 7.82. The lowest BCUT2D eigenvalue weighted by Gasteiger charge is -2.08. The molecule has 8 nitrogen and oxygen atoms in total. The second-order valence-corrected chi connectivity index (χ2v) is 6.38. The number of nitro groups is 1. The standard InChI is InChI=1S/C17H12FN5O3S/c18-13-8-11(3-4-14(13)26-12-2-1-5-19-10-12)9-20-15-16(23(24)25)22-6-7-27-17(22)21-15/h1-8,10,20H,9H2. The zero-order valence-electron chi connectivity index (χ0n) is 13.7. The minimum Gasteiger partial charge on any atom is -0.453 e. The second-order valence-electron chi connectivity index (χ2n) is 5.51. The van der Waals surface area contributed by atoms with Gasteiger partial charge in [0.15, 0.2) is 11.6 Å². The second kappa shape index (κ2) is 7.00. The Labute approximate surface area is 156 Å². The highest BCUT2D eigenvalue weighted by Crippen LogP contribution is 2.29. The van der Waals surface area contributed by atoms with Crippen molar-refractivity contribution < 1.29 is 14.1 Å². The molecule has 0 fully saturated rings. The molecule has 0 atom stereocenters. The third-order valence-electron chi connectivity index (χ3n) is 3.73. The number of halogens is 1. The summed E-state index contributed by atoms with van der Waals surface area (Å²) in [5, 5.41) is 15.9. The molecule has 4 aromatic rings. The fraction of sp³-hybridized carbons (Fsp3) is 0.0588. The summed E-state index contributed by atoms with van der Waals surface area (Å²) in [7, 11) is 0. The average molecular weight is 385 g/mol. The Morgan fingerprint density at radius 3 is 3.00 bits per heavy atom. The number of ether oxygens (including phenoxy) is 1. The summed E-state index contributed by atoms with van der Waals surface area (Å²) in [5.74, 6) is -0.0547. The zero-order chi connectivity index (χ0) is 18.8. The van der Waals surface area contributed by atoms with Gasteiger partial charge < -0.3 is 20.2 Å². The normalized spacial score (nSPS) is 10.9. The Hall–Kier alpha value is -3.53. The summed E-state index contributed by atoms with van der Waals surface area (Å²) >= 11 is 1.29. The van der Waals surface area contributed by atoms with Crippen LogP contribution >= 0.6 is 11.3 Å². The van der Waals surface area contributed by atoms with Crippen LogP contribution in [0.5, 0.6) is 11.5 Å². The first kappa shape index (κ1) is 16.9. The van der Waals surface area contributed by atoms with Crippen LogP contribution in [0.25, 0.3) is 4.96 Å². The number of fused-ring (bicyclic) bond motifs is 1. The van der Waals surface area contributed by atoms with Gasteiger partial charge in [-0.25, -0.2) is 4.39 Å². The summed E-state index contributed by atoms with van der Waals surface area (Å²) in [6, 6.07) is 7.84.